The minimum atomic E-state index is -0.492. The first kappa shape index (κ1) is 18.4. The first-order chi connectivity index (χ1) is 10.8. The largest absolute Gasteiger partial charge is 0.389 e. The fourth-order valence-electron chi connectivity index (χ4n) is 2.62. The van der Waals surface area contributed by atoms with Crippen LogP contribution in [-0.2, 0) is 4.74 Å². The molecule has 0 spiro atoms. The van der Waals surface area contributed by atoms with Crippen LogP contribution < -0.4 is 0 Å². The third kappa shape index (κ3) is 6.22. The molecule has 6 heteroatoms. The van der Waals surface area contributed by atoms with E-state index in [4.69, 9.17) is 4.74 Å². The van der Waals surface area contributed by atoms with Crippen molar-refractivity contribution in [2.24, 2.45) is 0 Å². The van der Waals surface area contributed by atoms with Gasteiger partial charge in [-0.3, -0.25) is 9.69 Å². The van der Waals surface area contributed by atoms with Crippen LogP contribution in [0.15, 0.2) is 16.8 Å². The summed E-state index contributed by atoms with van der Waals surface area (Å²) < 4.78 is 5.63. The van der Waals surface area contributed by atoms with Gasteiger partial charge in [0.15, 0.2) is 0 Å². The highest BCUT2D eigenvalue weighted by molar-refractivity contribution is 7.08. The summed E-state index contributed by atoms with van der Waals surface area (Å²) in [7, 11) is 0. The van der Waals surface area contributed by atoms with Crippen molar-refractivity contribution in [3.63, 3.8) is 0 Å². The molecule has 5 nitrogen and oxygen atoms in total. The van der Waals surface area contributed by atoms with E-state index >= 15 is 0 Å². The molecule has 0 aliphatic carbocycles. The summed E-state index contributed by atoms with van der Waals surface area (Å²) in [5.74, 6) is 0.115. The Kier molecular flexibility index (Phi) is 6.59. The van der Waals surface area contributed by atoms with Crippen molar-refractivity contribution in [2.45, 2.75) is 38.9 Å². The summed E-state index contributed by atoms with van der Waals surface area (Å²) in [6.45, 7) is 10.1. The average Bonchev–Trinajstić information content (AvgIpc) is 2.91. The fraction of sp³-hybridized carbons (Fsp3) is 0.706. The number of nitrogens with zero attached hydrogens (tertiary/aromatic N) is 2. The van der Waals surface area contributed by atoms with Gasteiger partial charge in [-0.1, -0.05) is 0 Å². The van der Waals surface area contributed by atoms with Gasteiger partial charge in [-0.25, -0.2) is 0 Å². The normalized spacial score (nSPS) is 18.7. The number of amides is 1. The van der Waals surface area contributed by atoms with E-state index in [2.05, 4.69) is 4.90 Å². The maximum Gasteiger partial charge on any atom is 0.254 e. The smallest absolute Gasteiger partial charge is 0.254 e. The number of aliphatic hydroxyl groups is 1. The van der Waals surface area contributed by atoms with E-state index in [0.29, 0.717) is 19.7 Å². The minimum Gasteiger partial charge on any atom is -0.389 e. The number of rotatable bonds is 5. The topological polar surface area (TPSA) is 53.0 Å². The molecule has 1 aliphatic heterocycles. The van der Waals surface area contributed by atoms with Gasteiger partial charge in [0, 0.05) is 31.6 Å². The van der Waals surface area contributed by atoms with Crippen LogP contribution in [0.5, 0.6) is 0 Å². The number of carbonyl (C=O) groups is 1. The summed E-state index contributed by atoms with van der Waals surface area (Å²) in [4.78, 5) is 16.5. The quantitative estimate of drug-likeness (QED) is 0.892. The summed E-state index contributed by atoms with van der Waals surface area (Å²) in [6.07, 6.45) is 0.441. The summed E-state index contributed by atoms with van der Waals surface area (Å²) in [5.41, 5.74) is 0.547. The molecule has 0 saturated carbocycles. The highest BCUT2D eigenvalue weighted by Gasteiger charge is 2.22. The summed E-state index contributed by atoms with van der Waals surface area (Å²) >= 11 is 1.55. The van der Waals surface area contributed by atoms with Gasteiger partial charge in [0.05, 0.1) is 23.9 Å². The highest BCUT2D eigenvalue weighted by atomic mass is 32.1. The molecule has 0 radical (unpaired) electrons. The van der Waals surface area contributed by atoms with Crippen LogP contribution in [-0.4, -0.2) is 71.8 Å². The first-order valence-corrected chi connectivity index (χ1v) is 9.15. The Morgan fingerprint density at radius 2 is 2.13 bits per heavy atom. The second kappa shape index (κ2) is 8.24. The Bertz CT molecular complexity index is 485. The van der Waals surface area contributed by atoms with E-state index in [-0.39, 0.29) is 11.5 Å². The van der Waals surface area contributed by atoms with Crippen molar-refractivity contribution in [3.8, 4) is 0 Å². The molecular weight excluding hydrogens is 312 g/mol. The maximum absolute atomic E-state index is 12.4. The van der Waals surface area contributed by atoms with Crippen LogP contribution in [0.1, 0.15) is 37.6 Å². The second-order valence-electron chi connectivity index (χ2n) is 7.04. The predicted octanol–water partition coefficient (Wildman–Crippen LogP) is 2.07. The Morgan fingerprint density at radius 1 is 1.35 bits per heavy atom. The van der Waals surface area contributed by atoms with Gasteiger partial charge in [0.25, 0.3) is 5.91 Å². The molecule has 1 unspecified atom stereocenters. The van der Waals surface area contributed by atoms with Crippen molar-refractivity contribution in [1.82, 2.24) is 9.80 Å². The molecule has 1 saturated heterocycles. The average molecular weight is 340 g/mol. The number of β-amino-alcohol motifs (C(OH)–C–C–N with tert-alkyl or cyclic N) is 1. The number of thiophene rings is 1. The first-order valence-electron chi connectivity index (χ1n) is 8.21. The number of carbonyl (C=O) groups excluding carboxylic acids is 1. The molecule has 1 aliphatic rings. The molecule has 1 fully saturated rings. The van der Waals surface area contributed by atoms with Gasteiger partial charge in [0.2, 0.25) is 0 Å². The SMILES string of the molecule is CC(C)(C)OCC(O)CN1CCCN(C(=O)c2ccsc2)CC1. The minimum absolute atomic E-state index is 0.115. The van der Waals surface area contributed by atoms with Gasteiger partial charge >= 0.3 is 0 Å². The zero-order valence-corrected chi connectivity index (χ0v) is 15.1. The number of ether oxygens (including phenoxy) is 1. The van der Waals surface area contributed by atoms with Gasteiger partial charge in [-0.15, -0.1) is 0 Å². The van der Waals surface area contributed by atoms with Crippen molar-refractivity contribution in [3.05, 3.63) is 22.4 Å². The van der Waals surface area contributed by atoms with Crippen LogP contribution in [0.25, 0.3) is 0 Å². The van der Waals surface area contributed by atoms with Gasteiger partial charge < -0.3 is 14.7 Å². The monoisotopic (exact) mass is 340 g/mol. The van der Waals surface area contributed by atoms with Crippen LogP contribution in [0, 0.1) is 0 Å². The molecule has 1 N–H and O–H groups in total. The number of hydrogen-bond donors (Lipinski definition) is 1. The van der Waals surface area contributed by atoms with Gasteiger partial charge in [-0.05, 0) is 45.2 Å². The van der Waals surface area contributed by atoms with Crippen molar-refractivity contribution in [2.75, 3.05) is 39.3 Å². The van der Waals surface area contributed by atoms with Crippen LogP contribution in [0.2, 0.25) is 0 Å². The number of hydrogen-bond acceptors (Lipinski definition) is 5. The lowest BCUT2D eigenvalue weighted by Crippen LogP contribution is -2.39. The Labute approximate surface area is 142 Å². The molecule has 130 valence electrons. The molecule has 1 aromatic rings. The predicted molar refractivity (Wildman–Crippen MR) is 93.0 cm³/mol. The maximum atomic E-state index is 12.4. The van der Waals surface area contributed by atoms with Crippen molar-refractivity contribution < 1.29 is 14.6 Å². The van der Waals surface area contributed by atoms with E-state index in [0.717, 1.165) is 31.6 Å². The Morgan fingerprint density at radius 3 is 2.78 bits per heavy atom. The lowest BCUT2D eigenvalue weighted by Gasteiger charge is -2.26. The van der Waals surface area contributed by atoms with Crippen LogP contribution >= 0.6 is 11.3 Å². The van der Waals surface area contributed by atoms with E-state index in [1.807, 2.05) is 42.5 Å². The van der Waals surface area contributed by atoms with Gasteiger partial charge in [0.1, 0.15) is 0 Å². The Hall–Kier alpha value is -0.950. The molecule has 1 atom stereocenters. The van der Waals surface area contributed by atoms with Crippen LogP contribution in [0.3, 0.4) is 0 Å². The molecule has 2 rings (SSSR count). The standard InChI is InChI=1S/C17H28N2O3S/c1-17(2,3)22-12-15(20)11-18-6-4-7-19(9-8-18)16(21)14-5-10-23-13-14/h5,10,13,15,20H,4,6-9,11-12H2,1-3H3. The molecule has 2 heterocycles. The van der Waals surface area contributed by atoms with E-state index in [1.54, 1.807) is 11.3 Å². The molecule has 1 amide bonds. The third-order valence-electron chi connectivity index (χ3n) is 3.82. The molecular formula is C17H28N2O3S. The Balaban J connectivity index is 1.78. The van der Waals surface area contributed by atoms with Crippen molar-refractivity contribution in [1.29, 1.82) is 0 Å². The lowest BCUT2D eigenvalue weighted by molar-refractivity contribution is -0.0558. The highest BCUT2D eigenvalue weighted by Crippen LogP contribution is 2.13. The van der Waals surface area contributed by atoms with E-state index < -0.39 is 6.10 Å². The molecule has 23 heavy (non-hydrogen) atoms. The molecule has 0 bridgehead atoms. The van der Waals surface area contributed by atoms with Crippen molar-refractivity contribution >= 4 is 17.2 Å². The number of aliphatic hydroxyl groups excluding tert-OH is 1. The summed E-state index contributed by atoms with van der Waals surface area (Å²) in [6, 6.07) is 1.88. The molecule has 0 aromatic carbocycles. The van der Waals surface area contributed by atoms with Gasteiger partial charge in [-0.2, -0.15) is 11.3 Å². The summed E-state index contributed by atoms with van der Waals surface area (Å²) in [5, 5.41) is 14.0. The molecule has 1 aromatic heterocycles. The second-order valence-corrected chi connectivity index (χ2v) is 7.82. The fourth-order valence-corrected chi connectivity index (χ4v) is 3.25. The van der Waals surface area contributed by atoms with E-state index in [9.17, 15) is 9.90 Å². The lowest BCUT2D eigenvalue weighted by atomic mass is 10.2. The zero-order valence-electron chi connectivity index (χ0n) is 14.3. The van der Waals surface area contributed by atoms with E-state index in [1.165, 1.54) is 0 Å². The third-order valence-corrected chi connectivity index (χ3v) is 4.50. The zero-order chi connectivity index (χ0) is 16.9. The van der Waals surface area contributed by atoms with Crippen LogP contribution in [0.4, 0.5) is 0 Å².